The minimum Gasteiger partial charge on any atom is -0.367 e. The van der Waals surface area contributed by atoms with Crippen LogP contribution in [0.4, 0.5) is 5.82 Å². The highest BCUT2D eigenvalue weighted by atomic mass is 32.1. The second-order valence-electron chi connectivity index (χ2n) is 4.38. The van der Waals surface area contributed by atoms with Gasteiger partial charge in [0.25, 0.3) is 0 Å². The van der Waals surface area contributed by atoms with Crippen molar-refractivity contribution in [3.05, 3.63) is 5.69 Å². The Balaban J connectivity index is 1.93. The zero-order valence-corrected chi connectivity index (χ0v) is 9.02. The summed E-state index contributed by atoms with van der Waals surface area (Å²) >= 11 is 1.36. The average Bonchev–Trinajstić information content (AvgIpc) is 2.55. The molecule has 2 unspecified atom stereocenters. The van der Waals surface area contributed by atoms with Crippen LogP contribution in [0.5, 0.6) is 0 Å². The molecule has 76 valence electrons. The van der Waals surface area contributed by atoms with E-state index in [1.807, 2.05) is 0 Å². The number of fused-ring (bicyclic) bond motifs is 3. The highest BCUT2D eigenvalue weighted by molar-refractivity contribution is 6.99. The maximum atomic E-state index is 4.45. The van der Waals surface area contributed by atoms with E-state index >= 15 is 0 Å². The number of hydrogen-bond acceptors (Lipinski definition) is 4. The number of anilines is 1. The molecule has 3 rings (SSSR count). The molecule has 14 heavy (non-hydrogen) atoms. The Morgan fingerprint density at radius 2 is 2.07 bits per heavy atom. The largest absolute Gasteiger partial charge is 0.367 e. The zero-order valence-electron chi connectivity index (χ0n) is 8.20. The summed E-state index contributed by atoms with van der Waals surface area (Å²) in [7, 11) is 0. The molecule has 1 aliphatic carbocycles. The lowest BCUT2D eigenvalue weighted by atomic mass is 9.83. The summed E-state index contributed by atoms with van der Waals surface area (Å²) in [5.41, 5.74) is 1.26. The minimum atomic E-state index is 0.701. The third-order valence-corrected chi connectivity index (χ3v) is 4.10. The molecule has 1 aromatic rings. The van der Waals surface area contributed by atoms with E-state index < -0.39 is 0 Å². The first-order valence-corrected chi connectivity index (χ1v) is 6.24. The maximum absolute atomic E-state index is 4.45. The molecule has 4 heteroatoms. The molecular weight excluding hydrogens is 194 g/mol. The van der Waals surface area contributed by atoms with Crippen LogP contribution < -0.4 is 5.32 Å². The van der Waals surface area contributed by atoms with Crippen LogP contribution in [0.25, 0.3) is 0 Å². The smallest absolute Gasteiger partial charge is 0.163 e. The van der Waals surface area contributed by atoms with Gasteiger partial charge in [0, 0.05) is 12.5 Å². The predicted octanol–water partition coefficient (Wildman–Crippen LogP) is 2.63. The van der Waals surface area contributed by atoms with Crippen molar-refractivity contribution in [2.24, 2.45) is 5.92 Å². The molecule has 3 nitrogen and oxygen atoms in total. The molecule has 1 aromatic heterocycles. The van der Waals surface area contributed by atoms with Crippen molar-refractivity contribution in [3.8, 4) is 0 Å². The van der Waals surface area contributed by atoms with E-state index in [1.165, 1.54) is 49.5 Å². The van der Waals surface area contributed by atoms with Gasteiger partial charge in [-0.1, -0.05) is 19.3 Å². The van der Waals surface area contributed by atoms with Crippen LogP contribution in [0.2, 0.25) is 0 Å². The monoisotopic (exact) mass is 209 g/mol. The number of aromatic nitrogens is 2. The third kappa shape index (κ3) is 1.32. The van der Waals surface area contributed by atoms with E-state index in [1.54, 1.807) is 0 Å². The molecule has 0 aromatic carbocycles. The number of hydrogen-bond donors (Lipinski definition) is 1. The fourth-order valence-electron chi connectivity index (χ4n) is 2.78. The molecule has 0 saturated heterocycles. The first-order chi connectivity index (χ1) is 6.95. The van der Waals surface area contributed by atoms with Crippen molar-refractivity contribution in [1.82, 2.24) is 8.75 Å². The molecule has 0 bridgehead atoms. The van der Waals surface area contributed by atoms with Crippen molar-refractivity contribution in [2.45, 2.75) is 38.0 Å². The first kappa shape index (κ1) is 8.65. The molecule has 2 aliphatic rings. The van der Waals surface area contributed by atoms with Gasteiger partial charge in [-0.05, 0) is 18.8 Å². The summed E-state index contributed by atoms with van der Waals surface area (Å²) in [5, 5.41) is 3.41. The topological polar surface area (TPSA) is 37.8 Å². The highest BCUT2D eigenvalue weighted by Gasteiger charge is 2.32. The molecule has 2 heterocycles. The van der Waals surface area contributed by atoms with Gasteiger partial charge < -0.3 is 5.32 Å². The number of nitrogens with zero attached hydrogens (tertiary/aromatic N) is 2. The fraction of sp³-hybridized carbons (Fsp3) is 0.800. The van der Waals surface area contributed by atoms with Gasteiger partial charge in [0.2, 0.25) is 0 Å². The van der Waals surface area contributed by atoms with Gasteiger partial charge in [0.15, 0.2) is 5.82 Å². The van der Waals surface area contributed by atoms with Crippen LogP contribution in [-0.4, -0.2) is 15.3 Å². The molecule has 0 amide bonds. The maximum Gasteiger partial charge on any atom is 0.163 e. The summed E-state index contributed by atoms with van der Waals surface area (Å²) in [5.74, 6) is 2.58. The second-order valence-corrected chi connectivity index (χ2v) is 4.91. The third-order valence-electron chi connectivity index (χ3n) is 3.56. The Hall–Kier alpha value is -0.640. The zero-order chi connectivity index (χ0) is 9.38. The lowest BCUT2D eigenvalue weighted by Crippen LogP contribution is -2.27. The standard InChI is InChI=1S/C10H15N3S/c1-2-4-7-6-11-10-9(12-14-13-10)8(7)5-3-1/h7-8H,1-6H2,(H,11,13). The van der Waals surface area contributed by atoms with Crippen LogP contribution in [0.15, 0.2) is 0 Å². The lowest BCUT2D eigenvalue weighted by molar-refractivity contribution is 0.401. The Morgan fingerprint density at radius 1 is 1.14 bits per heavy atom. The lowest BCUT2D eigenvalue weighted by Gasteiger charge is -2.29. The van der Waals surface area contributed by atoms with Gasteiger partial charge in [-0.15, -0.1) is 0 Å². The molecule has 2 atom stereocenters. The van der Waals surface area contributed by atoms with E-state index in [9.17, 15) is 0 Å². The highest BCUT2D eigenvalue weighted by Crippen LogP contribution is 2.41. The van der Waals surface area contributed by atoms with Gasteiger partial charge >= 0.3 is 0 Å². The van der Waals surface area contributed by atoms with Crippen molar-refractivity contribution < 1.29 is 0 Å². The summed E-state index contributed by atoms with van der Waals surface area (Å²) < 4.78 is 8.75. The average molecular weight is 209 g/mol. The molecule has 0 radical (unpaired) electrons. The van der Waals surface area contributed by atoms with Crippen molar-refractivity contribution in [1.29, 1.82) is 0 Å². The Morgan fingerprint density at radius 3 is 3.07 bits per heavy atom. The summed E-state index contributed by atoms with van der Waals surface area (Å²) in [6.07, 6.45) is 6.87. The molecule has 1 saturated carbocycles. The molecule has 1 N–H and O–H groups in total. The van der Waals surface area contributed by atoms with E-state index in [0.717, 1.165) is 18.3 Å². The molecular formula is C10H15N3S. The number of nitrogens with one attached hydrogen (secondary N) is 1. The van der Waals surface area contributed by atoms with Crippen LogP contribution in [0, 0.1) is 5.92 Å². The van der Waals surface area contributed by atoms with Crippen LogP contribution in [-0.2, 0) is 0 Å². The summed E-state index contributed by atoms with van der Waals surface area (Å²) in [6, 6.07) is 0. The van der Waals surface area contributed by atoms with Gasteiger partial charge in [-0.2, -0.15) is 8.75 Å². The van der Waals surface area contributed by atoms with Gasteiger partial charge in [0.1, 0.15) is 5.69 Å². The van der Waals surface area contributed by atoms with Crippen molar-refractivity contribution >= 4 is 17.5 Å². The van der Waals surface area contributed by atoms with Gasteiger partial charge in [-0.25, -0.2) is 0 Å². The van der Waals surface area contributed by atoms with Gasteiger partial charge in [0.05, 0.1) is 11.7 Å². The Bertz CT molecular complexity index is 323. The van der Waals surface area contributed by atoms with Crippen LogP contribution >= 0.6 is 11.7 Å². The molecule has 0 spiro atoms. The minimum absolute atomic E-state index is 0.701. The second kappa shape index (κ2) is 3.50. The van der Waals surface area contributed by atoms with Gasteiger partial charge in [-0.3, -0.25) is 0 Å². The summed E-state index contributed by atoms with van der Waals surface area (Å²) in [4.78, 5) is 0. The quantitative estimate of drug-likeness (QED) is 0.713. The normalized spacial score (nSPS) is 31.1. The SMILES string of the molecule is C1CCC2CNc3nsnc3C2CC1. The fourth-order valence-corrected chi connectivity index (χ4v) is 3.37. The Labute approximate surface area is 88.3 Å². The molecule has 1 fully saturated rings. The van der Waals surface area contributed by atoms with Crippen molar-refractivity contribution in [3.63, 3.8) is 0 Å². The van der Waals surface area contributed by atoms with E-state index in [2.05, 4.69) is 14.1 Å². The van der Waals surface area contributed by atoms with E-state index in [0.29, 0.717) is 5.92 Å². The van der Waals surface area contributed by atoms with E-state index in [4.69, 9.17) is 0 Å². The number of rotatable bonds is 0. The molecule has 1 aliphatic heterocycles. The summed E-state index contributed by atoms with van der Waals surface area (Å²) in [6.45, 7) is 1.11. The van der Waals surface area contributed by atoms with E-state index in [-0.39, 0.29) is 0 Å². The van der Waals surface area contributed by atoms with Crippen molar-refractivity contribution in [2.75, 3.05) is 11.9 Å². The Kier molecular flexibility index (Phi) is 2.16. The van der Waals surface area contributed by atoms with Crippen LogP contribution in [0.1, 0.15) is 43.7 Å². The first-order valence-electron chi connectivity index (χ1n) is 5.51. The predicted molar refractivity (Wildman–Crippen MR) is 57.7 cm³/mol. The van der Waals surface area contributed by atoms with Crippen LogP contribution in [0.3, 0.4) is 0 Å².